The van der Waals surface area contributed by atoms with Crippen molar-refractivity contribution >= 4 is 11.8 Å². The lowest BCUT2D eigenvalue weighted by Crippen LogP contribution is -2.46. The van der Waals surface area contributed by atoms with Gasteiger partial charge in [0.15, 0.2) is 0 Å². The van der Waals surface area contributed by atoms with Crippen LogP contribution in [0.15, 0.2) is 0 Å². The molecule has 20 heavy (non-hydrogen) atoms. The van der Waals surface area contributed by atoms with Gasteiger partial charge in [-0.3, -0.25) is 9.59 Å². The highest BCUT2D eigenvalue weighted by Gasteiger charge is 2.25. The molecule has 0 aromatic rings. The summed E-state index contributed by atoms with van der Waals surface area (Å²) >= 11 is 0. The summed E-state index contributed by atoms with van der Waals surface area (Å²) in [6.45, 7) is 3.18. The average molecular weight is 283 g/mol. The van der Waals surface area contributed by atoms with Crippen LogP contribution in [-0.4, -0.2) is 67.0 Å². The molecule has 0 radical (unpaired) electrons. The molecular formula is C14H25N3O3. The van der Waals surface area contributed by atoms with E-state index in [1.54, 1.807) is 4.90 Å². The maximum absolute atomic E-state index is 12.0. The summed E-state index contributed by atoms with van der Waals surface area (Å²) in [6, 6.07) is 0. The van der Waals surface area contributed by atoms with Gasteiger partial charge in [-0.15, -0.1) is 0 Å². The summed E-state index contributed by atoms with van der Waals surface area (Å²) in [7, 11) is 0. The minimum absolute atomic E-state index is 0.0343. The number of rotatable bonds is 4. The number of nitrogens with two attached hydrogens (primary N) is 1. The average Bonchev–Trinajstić information content (AvgIpc) is 2.53. The zero-order chi connectivity index (χ0) is 14.4. The van der Waals surface area contributed by atoms with Crippen molar-refractivity contribution in [2.75, 3.05) is 39.3 Å². The van der Waals surface area contributed by atoms with Crippen LogP contribution in [0.1, 0.15) is 32.1 Å². The van der Waals surface area contributed by atoms with Gasteiger partial charge >= 0.3 is 0 Å². The first-order valence-electron chi connectivity index (χ1n) is 7.58. The third kappa shape index (κ3) is 4.18. The van der Waals surface area contributed by atoms with Crippen LogP contribution in [0.25, 0.3) is 0 Å². The molecule has 2 saturated heterocycles. The fraction of sp³-hybridized carbons (Fsp3) is 0.857. The highest BCUT2D eigenvalue weighted by atomic mass is 16.5. The van der Waals surface area contributed by atoms with Crippen LogP contribution in [0, 0.1) is 0 Å². The second kappa shape index (κ2) is 7.59. The molecular weight excluding hydrogens is 258 g/mol. The zero-order valence-electron chi connectivity index (χ0n) is 12.1. The maximum atomic E-state index is 12.0. The lowest BCUT2D eigenvalue weighted by molar-refractivity contribution is -0.142. The van der Waals surface area contributed by atoms with E-state index in [0.717, 1.165) is 45.3 Å². The molecule has 6 heteroatoms. The van der Waals surface area contributed by atoms with E-state index in [1.165, 1.54) is 6.42 Å². The number of ether oxygens (including phenoxy) is 1. The number of carbonyl (C=O) groups excluding carboxylic acids is 2. The third-order valence-electron chi connectivity index (χ3n) is 4.06. The highest BCUT2D eigenvalue weighted by molar-refractivity contribution is 5.78. The first-order valence-corrected chi connectivity index (χ1v) is 7.58. The number of nitrogens with zero attached hydrogens (tertiary/aromatic N) is 2. The monoisotopic (exact) mass is 283 g/mol. The molecule has 2 rings (SSSR count). The summed E-state index contributed by atoms with van der Waals surface area (Å²) in [5, 5.41) is 0. The Morgan fingerprint density at radius 1 is 1.00 bits per heavy atom. The topological polar surface area (TPSA) is 75.9 Å². The van der Waals surface area contributed by atoms with Gasteiger partial charge < -0.3 is 20.3 Å². The second-order valence-electron chi connectivity index (χ2n) is 5.56. The molecule has 2 aliphatic heterocycles. The number of piperidine rings is 2. The molecule has 6 nitrogen and oxygen atoms in total. The molecule has 0 aromatic heterocycles. The smallest absolute Gasteiger partial charge is 0.248 e. The number of hydrogen-bond acceptors (Lipinski definition) is 4. The van der Waals surface area contributed by atoms with Crippen LogP contribution in [0.5, 0.6) is 0 Å². The van der Waals surface area contributed by atoms with Gasteiger partial charge in [-0.25, -0.2) is 0 Å². The molecule has 1 atom stereocenters. The van der Waals surface area contributed by atoms with Crippen LogP contribution in [0.3, 0.4) is 0 Å². The second-order valence-corrected chi connectivity index (χ2v) is 5.56. The summed E-state index contributed by atoms with van der Waals surface area (Å²) in [5.74, 6) is 0.0348. The Morgan fingerprint density at radius 2 is 1.70 bits per heavy atom. The normalized spacial score (nSPS) is 23.8. The van der Waals surface area contributed by atoms with Gasteiger partial charge in [0.25, 0.3) is 0 Å². The van der Waals surface area contributed by atoms with Crippen LogP contribution in [0.4, 0.5) is 0 Å². The Kier molecular flexibility index (Phi) is 5.79. The van der Waals surface area contributed by atoms with Crippen LogP contribution < -0.4 is 5.73 Å². The van der Waals surface area contributed by atoms with E-state index in [2.05, 4.69) is 0 Å². The van der Waals surface area contributed by atoms with Crippen LogP contribution in [0.2, 0.25) is 0 Å². The SMILES string of the molecule is NCC(=O)N1CCCC(OCC(=O)N2CCCCC2)C1. The molecule has 2 N–H and O–H groups in total. The van der Waals surface area contributed by atoms with Gasteiger partial charge in [0.2, 0.25) is 11.8 Å². The van der Waals surface area contributed by atoms with Gasteiger partial charge in [-0.1, -0.05) is 0 Å². The van der Waals surface area contributed by atoms with Gasteiger partial charge in [0.1, 0.15) is 6.61 Å². The molecule has 0 bridgehead atoms. The van der Waals surface area contributed by atoms with Crippen molar-refractivity contribution < 1.29 is 14.3 Å². The first kappa shape index (κ1) is 15.3. The molecule has 0 spiro atoms. The van der Waals surface area contributed by atoms with Gasteiger partial charge in [0.05, 0.1) is 12.6 Å². The van der Waals surface area contributed by atoms with Crippen molar-refractivity contribution in [1.29, 1.82) is 0 Å². The molecule has 1 unspecified atom stereocenters. The van der Waals surface area contributed by atoms with Crippen LogP contribution >= 0.6 is 0 Å². The molecule has 2 fully saturated rings. The van der Waals surface area contributed by atoms with Gasteiger partial charge in [-0.2, -0.15) is 0 Å². The number of hydrogen-bond donors (Lipinski definition) is 1. The van der Waals surface area contributed by atoms with E-state index in [4.69, 9.17) is 10.5 Å². The molecule has 114 valence electrons. The van der Waals surface area contributed by atoms with Crippen LogP contribution in [-0.2, 0) is 14.3 Å². The zero-order valence-corrected chi connectivity index (χ0v) is 12.1. The van der Waals surface area contributed by atoms with E-state index in [1.807, 2.05) is 4.90 Å². The Morgan fingerprint density at radius 3 is 2.40 bits per heavy atom. The predicted molar refractivity (Wildman–Crippen MR) is 75.0 cm³/mol. The minimum atomic E-state index is -0.0411. The summed E-state index contributed by atoms with van der Waals surface area (Å²) in [5.41, 5.74) is 5.38. The van der Waals surface area contributed by atoms with Crippen molar-refractivity contribution in [3.8, 4) is 0 Å². The quantitative estimate of drug-likeness (QED) is 0.786. The molecule has 0 aliphatic carbocycles. The maximum Gasteiger partial charge on any atom is 0.248 e. The van der Waals surface area contributed by atoms with Crippen molar-refractivity contribution in [1.82, 2.24) is 9.80 Å². The Hall–Kier alpha value is -1.14. The fourth-order valence-corrected chi connectivity index (χ4v) is 2.85. The predicted octanol–water partition coefficient (Wildman–Crippen LogP) is -0.0348. The van der Waals surface area contributed by atoms with Gasteiger partial charge in [0, 0.05) is 26.2 Å². The van der Waals surface area contributed by atoms with Crippen molar-refractivity contribution in [2.24, 2.45) is 5.73 Å². The van der Waals surface area contributed by atoms with E-state index in [0.29, 0.717) is 6.54 Å². The van der Waals surface area contributed by atoms with Gasteiger partial charge in [-0.05, 0) is 32.1 Å². The lowest BCUT2D eigenvalue weighted by atomic mass is 10.1. The molecule has 2 heterocycles. The van der Waals surface area contributed by atoms with E-state index >= 15 is 0 Å². The lowest BCUT2D eigenvalue weighted by Gasteiger charge is -2.33. The number of likely N-dealkylation sites (tertiary alicyclic amines) is 2. The minimum Gasteiger partial charge on any atom is -0.367 e. The Labute approximate surface area is 120 Å². The van der Waals surface area contributed by atoms with E-state index in [9.17, 15) is 9.59 Å². The Bertz CT molecular complexity index is 343. The van der Waals surface area contributed by atoms with Crippen molar-refractivity contribution in [3.63, 3.8) is 0 Å². The molecule has 0 saturated carbocycles. The summed E-state index contributed by atoms with van der Waals surface area (Å²) in [4.78, 5) is 27.2. The summed E-state index contributed by atoms with van der Waals surface area (Å²) in [6.07, 6.45) is 5.18. The third-order valence-corrected chi connectivity index (χ3v) is 4.06. The molecule has 2 amide bonds. The molecule has 2 aliphatic rings. The molecule has 0 aromatic carbocycles. The van der Waals surface area contributed by atoms with E-state index in [-0.39, 0.29) is 31.1 Å². The summed E-state index contributed by atoms with van der Waals surface area (Å²) < 4.78 is 5.70. The standard InChI is InChI=1S/C14H25N3O3/c15-9-13(18)17-8-4-5-12(10-17)20-11-14(19)16-6-2-1-3-7-16/h12H,1-11,15H2. The number of carbonyl (C=O) groups is 2. The largest absolute Gasteiger partial charge is 0.367 e. The van der Waals surface area contributed by atoms with E-state index < -0.39 is 0 Å². The fourth-order valence-electron chi connectivity index (χ4n) is 2.85. The first-order chi connectivity index (χ1) is 9.70. The van der Waals surface area contributed by atoms with Crippen molar-refractivity contribution in [2.45, 2.75) is 38.2 Å². The highest BCUT2D eigenvalue weighted by Crippen LogP contribution is 2.14. The Balaban J connectivity index is 1.72. The number of amides is 2. The van der Waals surface area contributed by atoms with Crippen molar-refractivity contribution in [3.05, 3.63) is 0 Å².